The zero-order chi connectivity index (χ0) is 31.5. The Morgan fingerprint density at radius 3 is 2.18 bits per heavy atom. The van der Waals surface area contributed by atoms with Crippen LogP contribution in [0.3, 0.4) is 0 Å². The summed E-state index contributed by atoms with van der Waals surface area (Å²) in [6.07, 6.45) is 1.67. The quantitative estimate of drug-likeness (QED) is 0.175. The number of esters is 1. The van der Waals surface area contributed by atoms with E-state index in [1.165, 1.54) is 9.20 Å². The van der Waals surface area contributed by atoms with Crippen molar-refractivity contribution in [2.75, 3.05) is 12.4 Å². The van der Waals surface area contributed by atoms with Gasteiger partial charge in [-0.1, -0.05) is 86.6 Å². The molecule has 0 spiro atoms. The second-order valence-electron chi connectivity index (χ2n) is 10.9. The standard InChI is InChI=1S/C34H33N7O4/c1-21(2)29(35)34(43)45-20-40-19-18-26(38-40)36-31-28(23-14-16-25(44-3)17-15-23)33(42)41-32(37-31)27(22-10-6-4-7-11-22)30(39-41)24-12-8-5-9-13-24/h4-19,21,29,37H,20,35H2,1-3H3,(H,36,38). The van der Waals surface area contributed by atoms with Crippen LogP contribution in [0.5, 0.6) is 5.75 Å². The van der Waals surface area contributed by atoms with E-state index in [-0.39, 0.29) is 18.2 Å². The van der Waals surface area contributed by atoms with Crippen LogP contribution >= 0.6 is 0 Å². The highest BCUT2D eigenvalue weighted by molar-refractivity contribution is 5.92. The van der Waals surface area contributed by atoms with Gasteiger partial charge < -0.3 is 25.5 Å². The van der Waals surface area contributed by atoms with Gasteiger partial charge in [-0.2, -0.15) is 14.7 Å². The number of aromatic nitrogens is 5. The highest BCUT2D eigenvalue weighted by atomic mass is 16.5. The Morgan fingerprint density at radius 2 is 1.53 bits per heavy atom. The average Bonchev–Trinajstić information content (AvgIpc) is 3.69. The van der Waals surface area contributed by atoms with Gasteiger partial charge in [-0.25, -0.2) is 4.68 Å². The Bertz CT molecular complexity index is 2000. The molecular weight excluding hydrogens is 570 g/mol. The second kappa shape index (κ2) is 12.5. The predicted molar refractivity (Wildman–Crippen MR) is 173 cm³/mol. The topological polar surface area (TPSA) is 142 Å². The lowest BCUT2D eigenvalue weighted by Gasteiger charge is -2.14. The number of H-pyrrole nitrogens is 1. The van der Waals surface area contributed by atoms with Crippen LogP contribution in [0.15, 0.2) is 102 Å². The number of carbonyl (C=O) groups excluding carboxylic acids is 1. The molecule has 0 amide bonds. The number of hydrogen-bond donors (Lipinski definition) is 3. The molecular formula is C34H33N7O4. The summed E-state index contributed by atoms with van der Waals surface area (Å²) in [6.45, 7) is 3.60. The van der Waals surface area contributed by atoms with E-state index < -0.39 is 12.0 Å². The van der Waals surface area contributed by atoms with E-state index in [0.29, 0.717) is 39.9 Å². The summed E-state index contributed by atoms with van der Waals surface area (Å²) in [6, 6.07) is 27.8. The monoisotopic (exact) mass is 603 g/mol. The van der Waals surface area contributed by atoms with Crippen molar-refractivity contribution in [2.45, 2.75) is 26.6 Å². The van der Waals surface area contributed by atoms with Crippen molar-refractivity contribution >= 4 is 23.3 Å². The third-order valence-electron chi connectivity index (χ3n) is 7.50. The molecule has 0 saturated carbocycles. The largest absolute Gasteiger partial charge is 0.497 e. The molecule has 6 rings (SSSR count). The van der Waals surface area contributed by atoms with Gasteiger partial charge in [0, 0.05) is 17.8 Å². The molecule has 0 aliphatic rings. The average molecular weight is 604 g/mol. The molecule has 1 unspecified atom stereocenters. The van der Waals surface area contributed by atoms with Crippen LogP contribution in [0.1, 0.15) is 13.8 Å². The summed E-state index contributed by atoms with van der Waals surface area (Å²) < 4.78 is 13.6. The van der Waals surface area contributed by atoms with Crippen LogP contribution in [0, 0.1) is 5.92 Å². The maximum absolute atomic E-state index is 14.3. The van der Waals surface area contributed by atoms with Crippen molar-refractivity contribution < 1.29 is 14.3 Å². The van der Waals surface area contributed by atoms with Crippen LogP contribution in [0.2, 0.25) is 0 Å². The van der Waals surface area contributed by atoms with E-state index in [1.54, 1.807) is 31.5 Å². The lowest BCUT2D eigenvalue weighted by Crippen LogP contribution is -2.37. The summed E-state index contributed by atoms with van der Waals surface area (Å²) in [5.41, 5.74) is 10.3. The number of hydrogen-bond acceptors (Lipinski definition) is 8. The molecule has 228 valence electrons. The van der Waals surface area contributed by atoms with Gasteiger partial charge in [0.1, 0.15) is 29.0 Å². The van der Waals surface area contributed by atoms with Crippen LogP contribution < -0.4 is 21.3 Å². The zero-order valence-electron chi connectivity index (χ0n) is 25.1. The molecule has 0 saturated heterocycles. The fourth-order valence-corrected chi connectivity index (χ4v) is 5.00. The lowest BCUT2D eigenvalue weighted by atomic mass is 10.0. The number of nitrogens with zero attached hydrogens (tertiary/aromatic N) is 4. The molecule has 0 aliphatic heterocycles. The minimum absolute atomic E-state index is 0.0535. The molecule has 0 aliphatic carbocycles. The first-order chi connectivity index (χ1) is 21.8. The van der Waals surface area contributed by atoms with Crippen molar-refractivity contribution in [1.29, 1.82) is 0 Å². The molecule has 1 atom stereocenters. The Kier molecular flexibility index (Phi) is 8.17. The second-order valence-corrected chi connectivity index (χ2v) is 10.9. The van der Waals surface area contributed by atoms with E-state index >= 15 is 0 Å². The van der Waals surface area contributed by atoms with E-state index in [0.717, 1.165) is 16.7 Å². The number of carbonyl (C=O) groups is 1. The minimum Gasteiger partial charge on any atom is -0.497 e. The van der Waals surface area contributed by atoms with Gasteiger partial charge in [0.2, 0.25) is 0 Å². The zero-order valence-corrected chi connectivity index (χ0v) is 25.1. The van der Waals surface area contributed by atoms with Crippen molar-refractivity contribution in [3.8, 4) is 39.3 Å². The Balaban J connectivity index is 1.48. The summed E-state index contributed by atoms with van der Waals surface area (Å²) in [5.74, 6) is 0.946. The number of benzene rings is 3. The number of nitrogens with two attached hydrogens (primary N) is 1. The van der Waals surface area contributed by atoms with E-state index in [1.807, 2.05) is 86.6 Å². The number of ether oxygens (including phenoxy) is 2. The summed E-state index contributed by atoms with van der Waals surface area (Å²) >= 11 is 0. The Hall–Kier alpha value is -5.68. The maximum atomic E-state index is 14.3. The summed E-state index contributed by atoms with van der Waals surface area (Å²) in [5, 5.41) is 12.6. The van der Waals surface area contributed by atoms with Crippen molar-refractivity contribution in [3.63, 3.8) is 0 Å². The number of methoxy groups -OCH3 is 1. The molecule has 0 bridgehead atoms. The fourth-order valence-electron chi connectivity index (χ4n) is 5.00. The first-order valence-electron chi connectivity index (χ1n) is 14.5. The number of fused-ring (bicyclic) bond motifs is 1. The summed E-state index contributed by atoms with van der Waals surface area (Å²) in [7, 11) is 1.59. The maximum Gasteiger partial charge on any atom is 0.324 e. The highest BCUT2D eigenvalue weighted by Gasteiger charge is 2.23. The van der Waals surface area contributed by atoms with Crippen molar-refractivity contribution in [2.24, 2.45) is 11.7 Å². The molecule has 3 aromatic heterocycles. The molecule has 0 radical (unpaired) electrons. The fraction of sp³-hybridized carbons (Fsp3) is 0.176. The molecule has 0 fully saturated rings. The minimum atomic E-state index is -0.725. The number of aromatic amines is 1. The Labute approximate surface area is 259 Å². The van der Waals surface area contributed by atoms with E-state index in [4.69, 9.17) is 20.3 Å². The third-order valence-corrected chi connectivity index (χ3v) is 7.50. The Morgan fingerprint density at radius 1 is 0.889 bits per heavy atom. The number of nitrogens with one attached hydrogen (secondary N) is 2. The van der Waals surface area contributed by atoms with E-state index in [9.17, 15) is 9.59 Å². The SMILES string of the molecule is COc1ccc(-c2c(Nc3ccn(COC(=O)C(N)C(C)C)n3)[nH]c3c(-c4ccccc4)c(-c4ccccc4)nn3c2=O)cc1. The normalized spacial score (nSPS) is 11.9. The molecule has 3 heterocycles. The summed E-state index contributed by atoms with van der Waals surface area (Å²) in [4.78, 5) is 30.1. The molecule has 11 heteroatoms. The first-order valence-corrected chi connectivity index (χ1v) is 14.5. The van der Waals surface area contributed by atoms with Gasteiger partial charge in [0.05, 0.1) is 18.2 Å². The number of rotatable bonds is 10. The molecule has 4 N–H and O–H groups in total. The molecule has 11 nitrogen and oxygen atoms in total. The third kappa shape index (κ3) is 5.93. The van der Waals surface area contributed by atoms with Crippen LogP contribution in [0.25, 0.3) is 39.2 Å². The van der Waals surface area contributed by atoms with Gasteiger partial charge in [0.25, 0.3) is 5.56 Å². The molecule has 6 aromatic rings. The number of anilines is 2. The molecule has 3 aromatic carbocycles. The lowest BCUT2D eigenvalue weighted by molar-refractivity contribution is -0.150. The van der Waals surface area contributed by atoms with Gasteiger partial charge in [-0.15, -0.1) is 0 Å². The predicted octanol–water partition coefficient (Wildman–Crippen LogP) is 5.46. The first kappa shape index (κ1) is 29.4. The van der Waals surface area contributed by atoms with Crippen LogP contribution in [0.4, 0.5) is 11.6 Å². The molecule has 45 heavy (non-hydrogen) atoms. The van der Waals surface area contributed by atoms with Crippen LogP contribution in [-0.4, -0.2) is 43.5 Å². The van der Waals surface area contributed by atoms with E-state index in [2.05, 4.69) is 15.4 Å². The smallest absolute Gasteiger partial charge is 0.324 e. The van der Waals surface area contributed by atoms with Crippen molar-refractivity contribution in [1.82, 2.24) is 24.4 Å². The van der Waals surface area contributed by atoms with Gasteiger partial charge in [0.15, 0.2) is 12.5 Å². The van der Waals surface area contributed by atoms with Gasteiger partial charge >= 0.3 is 5.97 Å². The highest BCUT2D eigenvalue weighted by Crippen LogP contribution is 2.36. The van der Waals surface area contributed by atoms with Gasteiger partial charge in [-0.3, -0.25) is 9.59 Å². The van der Waals surface area contributed by atoms with Crippen molar-refractivity contribution in [3.05, 3.63) is 108 Å². The van der Waals surface area contributed by atoms with Crippen LogP contribution in [-0.2, 0) is 16.3 Å². The van der Waals surface area contributed by atoms with Gasteiger partial charge in [-0.05, 0) is 29.2 Å².